The minimum Gasteiger partial charge on any atom is -0.336 e. The van der Waals surface area contributed by atoms with E-state index < -0.39 is 11.6 Å². The van der Waals surface area contributed by atoms with E-state index in [1.807, 2.05) is 6.92 Å². The summed E-state index contributed by atoms with van der Waals surface area (Å²) < 4.78 is 26.2. The minimum atomic E-state index is -0.804. The van der Waals surface area contributed by atoms with E-state index in [1.54, 1.807) is 4.90 Å². The van der Waals surface area contributed by atoms with Gasteiger partial charge in [0.05, 0.1) is 5.56 Å². The Labute approximate surface area is 111 Å². The second-order valence-corrected chi connectivity index (χ2v) is 4.23. The molecule has 1 aromatic rings. The van der Waals surface area contributed by atoms with Crippen LogP contribution in [-0.4, -0.2) is 36.5 Å². The molecule has 1 saturated heterocycles. The van der Waals surface area contributed by atoms with Gasteiger partial charge in [-0.3, -0.25) is 4.79 Å². The van der Waals surface area contributed by atoms with E-state index in [4.69, 9.17) is 0 Å². The van der Waals surface area contributed by atoms with Gasteiger partial charge in [-0.05, 0) is 19.1 Å². The number of hydrogen-bond donors (Lipinski definition) is 1. The lowest BCUT2D eigenvalue weighted by Crippen LogP contribution is -2.51. The summed E-state index contributed by atoms with van der Waals surface area (Å²) in [5, 5.41) is 3.19. The number of hydrogen-bond acceptors (Lipinski definition) is 2. The largest absolute Gasteiger partial charge is 0.336 e. The predicted molar refractivity (Wildman–Crippen MR) is 67.0 cm³/mol. The molecule has 18 heavy (non-hydrogen) atoms. The normalized spacial score (nSPS) is 19.3. The van der Waals surface area contributed by atoms with Gasteiger partial charge in [0.2, 0.25) is 0 Å². The Morgan fingerprint density at radius 3 is 2.78 bits per heavy atom. The molecule has 1 N–H and O–H groups in total. The van der Waals surface area contributed by atoms with E-state index in [1.165, 1.54) is 6.07 Å². The maximum atomic E-state index is 13.4. The van der Waals surface area contributed by atoms with Gasteiger partial charge in [0, 0.05) is 31.7 Å². The third kappa shape index (κ3) is 3.17. The zero-order chi connectivity index (χ0) is 12.4. The zero-order valence-corrected chi connectivity index (χ0v) is 10.8. The Hall–Kier alpha value is -1.20. The molecule has 0 bridgehead atoms. The minimum absolute atomic E-state index is 0. The molecule has 1 heterocycles. The van der Waals surface area contributed by atoms with E-state index in [0.29, 0.717) is 19.6 Å². The number of rotatable bonds is 1. The van der Waals surface area contributed by atoms with E-state index in [-0.39, 0.29) is 29.9 Å². The molecule has 1 amide bonds. The van der Waals surface area contributed by atoms with E-state index in [0.717, 1.165) is 12.1 Å². The quantitative estimate of drug-likeness (QED) is 0.849. The molecule has 2 rings (SSSR count). The van der Waals surface area contributed by atoms with Crippen LogP contribution in [0.1, 0.15) is 17.3 Å². The Bertz CT molecular complexity index is 442. The van der Waals surface area contributed by atoms with Crippen LogP contribution in [0.4, 0.5) is 8.78 Å². The molecule has 1 atom stereocenters. The second kappa shape index (κ2) is 6.11. The zero-order valence-electron chi connectivity index (χ0n) is 9.95. The first kappa shape index (κ1) is 14.9. The van der Waals surface area contributed by atoms with Gasteiger partial charge in [0.1, 0.15) is 11.6 Å². The molecule has 0 saturated carbocycles. The Balaban J connectivity index is 0.00000162. The highest BCUT2D eigenvalue weighted by Crippen LogP contribution is 2.13. The fourth-order valence-corrected chi connectivity index (χ4v) is 1.95. The number of carbonyl (C=O) groups is 1. The van der Waals surface area contributed by atoms with Crippen LogP contribution in [0, 0.1) is 11.6 Å². The summed E-state index contributed by atoms with van der Waals surface area (Å²) in [5.41, 5.74) is -0.0690. The van der Waals surface area contributed by atoms with Crippen LogP contribution in [0.25, 0.3) is 0 Å². The lowest BCUT2D eigenvalue weighted by molar-refractivity contribution is 0.0704. The van der Waals surface area contributed by atoms with Gasteiger partial charge in [-0.15, -0.1) is 12.4 Å². The third-order valence-electron chi connectivity index (χ3n) is 2.82. The fourth-order valence-electron chi connectivity index (χ4n) is 1.95. The maximum Gasteiger partial charge on any atom is 0.256 e. The highest BCUT2D eigenvalue weighted by atomic mass is 35.5. The summed E-state index contributed by atoms with van der Waals surface area (Å²) in [6, 6.07) is 3.22. The van der Waals surface area contributed by atoms with Crippen molar-refractivity contribution in [1.82, 2.24) is 10.2 Å². The van der Waals surface area contributed by atoms with Crippen molar-refractivity contribution >= 4 is 18.3 Å². The van der Waals surface area contributed by atoms with Crippen molar-refractivity contribution in [2.45, 2.75) is 13.0 Å². The van der Waals surface area contributed by atoms with Crippen molar-refractivity contribution < 1.29 is 13.6 Å². The Morgan fingerprint density at radius 2 is 2.17 bits per heavy atom. The maximum absolute atomic E-state index is 13.4. The lowest BCUT2D eigenvalue weighted by atomic mass is 10.1. The average Bonchev–Trinajstić information content (AvgIpc) is 2.28. The van der Waals surface area contributed by atoms with Crippen LogP contribution >= 0.6 is 12.4 Å². The number of piperazine rings is 1. The number of nitrogens with zero attached hydrogens (tertiary/aromatic N) is 1. The fraction of sp³-hybridized carbons (Fsp3) is 0.417. The van der Waals surface area contributed by atoms with Crippen molar-refractivity contribution in [2.24, 2.45) is 0 Å². The van der Waals surface area contributed by atoms with Gasteiger partial charge in [0.25, 0.3) is 5.91 Å². The van der Waals surface area contributed by atoms with Crippen LogP contribution < -0.4 is 5.32 Å². The molecule has 100 valence electrons. The summed E-state index contributed by atoms with van der Waals surface area (Å²) in [6.07, 6.45) is 0. The van der Waals surface area contributed by atoms with Crippen molar-refractivity contribution in [2.75, 3.05) is 19.6 Å². The van der Waals surface area contributed by atoms with E-state index >= 15 is 0 Å². The van der Waals surface area contributed by atoms with Crippen LogP contribution in [0.15, 0.2) is 18.2 Å². The standard InChI is InChI=1S/C12H14F2N2O.ClH/c1-8-7-16(5-4-15-8)12(17)10-3-2-9(13)6-11(10)14;/h2-3,6,8,15H,4-5,7H2,1H3;1H/t8-;/m0./s1. The molecule has 0 unspecified atom stereocenters. The van der Waals surface area contributed by atoms with Gasteiger partial charge in [-0.2, -0.15) is 0 Å². The first-order valence-corrected chi connectivity index (χ1v) is 5.55. The van der Waals surface area contributed by atoms with Gasteiger partial charge < -0.3 is 10.2 Å². The van der Waals surface area contributed by atoms with Gasteiger partial charge in [-0.1, -0.05) is 0 Å². The van der Waals surface area contributed by atoms with Crippen molar-refractivity contribution in [3.63, 3.8) is 0 Å². The van der Waals surface area contributed by atoms with Crippen LogP contribution in [0.3, 0.4) is 0 Å². The van der Waals surface area contributed by atoms with Crippen LogP contribution in [0.5, 0.6) is 0 Å². The predicted octanol–water partition coefficient (Wildman–Crippen LogP) is 1.82. The summed E-state index contributed by atoms with van der Waals surface area (Å²) in [4.78, 5) is 13.6. The third-order valence-corrected chi connectivity index (χ3v) is 2.82. The number of nitrogens with one attached hydrogen (secondary N) is 1. The average molecular weight is 277 g/mol. The molecular weight excluding hydrogens is 262 g/mol. The Morgan fingerprint density at radius 1 is 1.44 bits per heavy atom. The van der Waals surface area contributed by atoms with E-state index in [9.17, 15) is 13.6 Å². The number of amides is 1. The molecule has 1 aromatic carbocycles. The topological polar surface area (TPSA) is 32.3 Å². The number of halogens is 3. The van der Waals surface area contributed by atoms with Crippen LogP contribution in [0.2, 0.25) is 0 Å². The van der Waals surface area contributed by atoms with Crippen LogP contribution in [-0.2, 0) is 0 Å². The summed E-state index contributed by atoms with van der Waals surface area (Å²) in [5.74, 6) is -1.86. The molecule has 1 aliphatic rings. The number of carbonyl (C=O) groups excluding carboxylic acids is 1. The van der Waals surface area contributed by atoms with Crippen molar-refractivity contribution in [1.29, 1.82) is 0 Å². The van der Waals surface area contributed by atoms with Crippen molar-refractivity contribution in [3.8, 4) is 0 Å². The second-order valence-electron chi connectivity index (χ2n) is 4.23. The molecule has 3 nitrogen and oxygen atoms in total. The molecular formula is C12H15ClF2N2O. The highest BCUT2D eigenvalue weighted by Gasteiger charge is 2.23. The molecule has 0 aromatic heterocycles. The molecule has 0 spiro atoms. The molecule has 1 fully saturated rings. The molecule has 1 aliphatic heterocycles. The first-order valence-electron chi connectivity index (χ1n) is 5.55. The molecule has 6 heteroatoms. The smallest absolute Gasteiger partial charge is 0.256 e. The van der Waals surface area contributed by atoms with Gasteiger partial charge in [0.15, 0.2) is 0 Å². The summed E-state index contributed by atoms with van der Waals surface area (Å²) in [7, 11) is 0. The molecule has 0 radical (unpaired) electrons. The highest BCUT2D eigenvalue weighted by molar-refractivity contribution is 5.94. The Kier molecular flexibility index (Phi) is 5.04. The SMILES string of the molecule is C[C@H]1CN(C(=O)c2ccc(F)cc2F)CCN1.Cl. The lowest BCUT2D eigenvalue weighted by Gasteiger charge is -2.32. The van der Waals surface area contributed by atoms with Gasteiger partial charge >= 0.3 is 0 Å². The van der Waals surface area contributed by atoms with Gasteiger partial charge in [-0.25, -0.2) is 8.78 Å². The monoisotopic (exact) mass is 276 g/mol. The first-order chi connectivity index (χ1) is 8.08. The molecule has 0 aliphatic carbocycles. The van der Waals surface area contributed by atoms with Crippen molar-refractivity contribution in [3.05, 3.63) is 35.4 Å². The van der Waals surface area contributed by atoms with E-state index in [2.05, 4.69) is 5.32 Å². The summed E-state index contributed by atoms with van der Waals surface area (Å²) in [6.45, 7) is 3.73. The number of benzene rings is 1. The summed E-state index contributed by atoms with van der Waals surface area (Å²) >= 11 is 0.